The van der Waals surface area contributed by atoms with E-state index in [1.54, 1.807) is 0 Å². The molecule has 0 N–H and O–H groups in total. The van der Waals surface area contributed by atoms with Crippen molar-refractivity contribution < 1.29 is 0 Å². The van der Waals surface area contributed by atoms with E-state index in [1.807, 2.05) is 0 Å². The monoisotopic (exact) mass is 136 g/mol. The standard InChI is InChI=1S/C8H12.C2H4/c1-7-4-3-5-8(2)6-7;1-2/h3-5,7H,6H2,1-2H3;1-2H2. The third-order valence-electron chi connectivity index (χ3n) is 1.46. The summed E-state index contributed by atoms with van der Waals surface area (Å²) in [6.45, 7) is 10.4. The van der Waals surface area contributed by atoms with Crippen molar-refractivity contribution in [2.45, 2.75) is 20.3 Å². The number of rotatable bonds is 0. The Morgan fingerprint density at radius 1 is 1.50 bits per heavy atom. The Morgan fingerprint density at radius 3 is 2.40 bits per heavy atom. The predicted octanol–water partition coefficient (Wildman–Crippen LogP) is 3.33. The summed E-state index contributed by atoms with van der Waals surface area (Å²) in [6.07, 6.45) is 7.81. The van der Waals surface area contributed by atoms with Crippen molar-refractivity contribution in [3.05, 3.63) is 37.0 Å². The van der Waals surface area contributed by atoms with Crippen LogP contribution >= 0.6 is 0 Å². The molecule has 56 valence electrons. The van der Waals surface area contributed by atoms with E-state index in [1.165, 1.54) is 12.0 Å². The minimum absolute atomic E-state index is 0.764. The fourth-order valence-corrected chi connectivity index (χ4v) is 1.05. The van der Waals surface area contributed by atoms with Crippen LogP contribution < -0.4 is 0 Å². The van der Waals surface area contributed by atoms with Gasteiger partial charge in [-0.25, -0.2) is 0 Å². The molecule has 0 saturated carbocycles. The van der Waals surface area contributed by atoms with Gasteiger partial charge in [-0.05, 0) is 19.3 Å². The fourth-order valence-electron chi connectivity index (χ4n) is 1.05. The van der Waals surface area contributed by atoms with Crippen LogP contribution in [0.3, 0.4) is 0 Å². The van der Waals surface area contributed by atoms with Crippen LogP contribution in [0.2, 0.25) is 0 Å². The van der Waals surface area contributed by atoms with E-state index >= 15 is 0 Å². The van der Waals surface area contributed by atoms with E-state index in [4.69, 9.17) is 0 Å². The maximum atomic E-state index is 3.00. The van der Waals surface area contributed by atoms with Gasteiger partial charge in [-0.2, -0.15) is 0 Å². The molecule has 1 rings (SSSR count). The average molecular weight is 136 g/mol. The molecule has 0 heterocycles. The number of hydrogen-bond donors (Lipinski definition) is 0. The average Bonchev–Trinajstić information content (AvgIpc) is 1.91. The van der Waals surface area contributed by atoms with Gasteiger partial charge in [-0.1, -0.05) is 30.7 Å². The third kappa shape index (κ3) is 3.29. The number of hydrogen-bond acceptors (Lipinski definition) is 0. The smallest absolute Gasteiger partial charge is 0.0222 e. The van der Waals surface area contributed by atoms with Crippen molar-refractivity contribution in [1.29, 1.82) is 0 Å². The maximum absolute atomic E-state index is 3.00. The Balaban J connectivity index is 0.000000371. The molecule has 0 fully saturated rings. The first kappa shape index (κ1) is 9.22. The molecule has 0 amide bonds. The lowest BCUT2D eigenvalue weighted by Gasteiger charge is -2.08. The molecule has 0 saturated heterocycles. The molecule has 0 radical (unpaired) electrons. The minimum Gasteiger partial charge on any atom is -0.106 e. The van der Waals surface area contributed by atoms with Crippen molar-refractivity contribution >= 4 is 0 Å². The van der Waals surface area contributed by atoms with Crippen LogP contribution in [0, 0.1) is 5.92 Å². The van der Waals surface area contributed by atoms with Gasteiger partial charge in [-0.3, -0.25) is 0 Å². The van der Waals surface area contributed by atoms with Crippen molar-refractivity contribution in [3.63, 3.8) is 0 Å². The normalized spacial score (nSPS) is 22.6. The van der Waals surface area contributed by atoms with Gasteiger partial charge in [0.15, 0.2) is 0 Å². The second-order valence-corrected chi connectivity index (χ2v) is 2.58. The Morgan fingerprint density at radius 2 is 2.10 bits per heavy atom. The van der Waals surface area contributed by atoms with Gasteiger partial charge < -0.3 is 0 Å². The largest absolute Gasteiger partial charge is 0.106 e. The summed E-state index contributed by atoms with van der Waals surface area (Å²) in [5.41, 5.74) is 1.50. The lowest BCUT2D eigenvalue weighted by atomic mass is 9.97. The van der Waals surface area contributed by atoms with Crippen molar-refractivity contribution in [3.8, 4) is 0 Å². The third-order valence-corrected chi connectivity index (χ3v) is 1.46. The first-order valence-corrected chi connectivity index (χ1v) is 3.63. The first-order chi connectivity index (χ1) is 4.79. The van der Waals surface area contributed by atoms with Crippen LogP contribution in [-0.4, -0.2) is 0 Å². The van der Waals surface area contributed by atoms with Crippen molar-refractivity contribution in [2.24, 2.45) is 5.92 Å². The molecule has 0 spiro atoms. The summed E-state index contributed by atoms with van der Waals surface area (Å²) in [6, 6.07) is 0. The maximum Gasteiger partial charge on any atom is -0.0222 e. The molecule has 0 heteroatoms. The molecule has 0 aromatic heterocycles. The van der Waals surface area contributed by atoms with E-state index in [0.717, 1.165) is 5.92 Å². The summed E-state index contributed by atoms with van der Waals surface area (Å²) in [5.74, 6) is 0.764. The Hall–Kier alpha value is -0.780. The van der Waals surface area contributed by atoms with Crippen LogP contribution in [-0.2, 0) is 0 Å². The Bertz CT molecular complexity index is 140. The molecule has 1 atom stereocenters. The number of allylic oxidation sites excluding steroid dienone is 4. The van der Waals surface area contributed by atoms with Crippen LogP contribution in [0.4, 0.5) is 0 Å². The van der Waals surface area contributed by atoms with E-state index in [9.17, 15) is 0 Å². The highest BCUT2D eigenvalue weighted by molar-refractivity contribution is 5.17. The van der Waals surface area contributed by atoms with Crippen molar-refractivity contribution in [2.75, 3.05) is 0 Å². The fraction of sp³-hybridized carbons (Fsp3) is 0.400. The molecule has 0 aliphatic heterocycles. The van der Waals surface area contributed by atoms with Gasteiger partial charge in [-0.15, -0.1) is 13.2 Å². The summed E-state index contributed by atoms with van der Waals surface area (Å²) in [7, 11) is 0. The van der Waals surface area contributed by atoms with Crippen LogP contribution in [0.1, 0.15) is 20.3 Å². The van der Waals surface area contributed by atoms with Gasteiger partial charge in [0.05, 0.1) is 0 Å². The topological polar surface area (TPSA) is 0 Å². The highest BCUT2D eigenvalue weighted by Gasteiger charge is 1.99. The summed E-state index contributed by atoms with van der Waals surface area (Å²) in [5, 5.41) is 0. The molecule has 10 heavy (non-hydrogen) atoms. The SMILES string of the molecule is C=C.CC1=CC=CC(C)C1. The molecule has 0 aromatic rings. The molecule has 1 aliphatic rings. The van der Waals surface area contributed by atoms with Gasteiger partial charge >= 0.3 is 0 Å². The van der Waals surface area contributed by atoms with Gasteiger partial charge in [0.25, 0.3) is 0 Å². The van der Waals surface area contributed by atoms with Crippen LogP contribution in [0.25, 0.3) is 0 Å². The van der Waals surface area contributed by atoms with E-state index < -0.39 is 0 Å². The second-order valence-electron chi connectivity index (χ2n) is 2.58. The summed E-state index contributed by atoms with van der Waals surface area (Å²) < 4.78 is 0. The summed E-state index contributed by atoms with van der Waals surface area (Å²) in [4.78, 5) is 0. The first-order valence-electron chi connectivity index (χ1n) is 3.63. The van der Waals surface area contributed by atoms with E-state index in [2.05, 4.69) is 45.2 Å². The molecule has 0 nitrogen and oxygen atoms in total. The quantitative estimate of drug-likeness (QED) is 0.448. The molecular weight excluding hydrogens is 120 g/mol. The van der Waals surface area contributed by atoms with Crippen molar-refractivity contribution in [1.82, 2.24) is 0 Å². The second kappa shape index (κ2) is 5.04. The van der Waals surface area contributed by atoms with Gasteiger partial charge in [0, 0.05) is 0 Å². The van der Waals surface area contributed by atoms with E-state index in [-0.39, 0.29) is 0 Å². The van der Waals surface area contributed by atoms with Crippen LogP contribution in [0.5, 0.6) is 0 Å². The van der Waals surface area contributed by atoms with Gasteiger partial charge in [0.1, 0.15) is 0 Å². The zero-order chi connectivity index (χ0) is 7.98. The minimum atomic E-state index is 0.764. The zero-order valence-corrected chi connectivity index (χ0v) is 6.93. The predicted molar refractivity (Wildman–Crippen MR) is 47.9 cm³/mol. The zero-order valence-electron chi connectivity index (χ0n) is 6.93. The van der Waals surface area contributed by atoms with Crippen LogP contribution in [0.15, 0.2) is 37.0 Å². The highest BCUT2D eigenvalue weighted by atomic mass is 14.1. The lowest BCUT2D eigenvalue weighted by molar-refractivity contribution is 0.707. The van der Waals surface area contributed by atoms with Gasteiger partial charge in [0.2, 0.25) is 0 Å². The van der Waals surface area contributed by atoms with E-state index in [0.29, 0.717) is 0 Å². The lowest BCUT2D eigenvalue weighted by Crippen LogP contribution is -1.93. The molecule has 1 unspecified atom stereocenters. The Labute approximate surface area is 64.0 Å². The molecular formula is C10H16. The Kier molecular flexibility index (Phi) is 4.65. The summed E-state index contributed by atoms with van der Waals surface area (Å²) >= 11 is 0. The molecule has 0 aromatic carbocycles. The molecule has 1 aliphatic carbocycles. The highest BCUT2D eigenvalue weighted by Crippen LogP contribution is 2.16. The molecule has 0 bridgehead atoms.